The van der Waals surface area contributed by atoms with Crippen LogP contribution in [0.25, 0.3) is 16.8 Å². The van der Waals surface area contributed by atoms with Crippen LogP contribution in [0, 0.1) is 5.82 Å². The highest BCUT2D eigenvalue weighted by Crippen LogP contribution is 2.31. The van der Waals surface area contributed by atoms with E-state index in [9.17, 15) is 9.18 Å². The predicted molar refractivity (Wildman–Crippen MR) is 109 cm³/mol. The number of halogens is 2. The average Bonchev–Trinajstić information content (AvgIpc) is 3.16. The van der Waals surface area contributed by atoms with Crippen molar-refractivity contribution in [3.05, 3.63) is 53.1 Å². The molecule has 8 nitrogen and oxygen atoms in total. The fourth-order valence-electron chi connectivity index (χ4n) is 2.81. The Bertz CT molecular complexity index is 1040. The van der Waals surface area contributed by atoms with Crippen LogP contribution in [0.4, 0.5) is 9.18 Å². The number of tetrazole rings is 1. The molecule has 1 heterocycles. The summed E-state index contributed by atoms with van der Waals surface area (Å²) in [7, 11) is 0. The van der Waals surface area contributed by atoms with Crippen LogP contribution in [0.5, 0.6) is 5.75 Å². The number of nitrogens with zero attached hydrogens (tertiary/aromatic N) is 4. The first-order valence-corrected chi connectivity index (χ1v) is 9.76. The number of aliphatic hydroxyl groups is 1. The zero-order chi connectivity index (χ0) is 21.7. The van der Waals surface area contributed by atoms with Crippen LogP contribution >= 0.6 is 11.6 Å². The molecule has 0 aliphatic rings. The summed E-state index contributed by atoms with van der Waals surface area (Å²) in [5.41, 5.74) is 1.24. The minimum absolute atomic E-state index is 0.164. The molecule has 1 atom stereocenters. The van der Waals surface area contributed by atoms with E-state index < -0.39 is 18.0 Å². The summed E-state index contributed by atoms with van der Waals surface area (Å²) in [4.78, 5) is 12.1. The maximum absolute atomic E-state index is 14.5. The highest BCUT2D eigenvalue weighted by molar-refractivity contribution is 6.30. The van der Waals surface area contributed by atoms with Gasteiger partial charge < -0.3 is 15.2 Å². The Labute approximate surface area is 177 Å². The van der Waals surface area contributed by atoms with E-state index in [1.807, 2.05) is 6.92 Å². The topological polar surface area (TPSA) is 102 Å². The van der Waals surface area contributed by atoms with E-state index in [4.69, 9.17) is 21.4 Å². The number of nitrogens with one attached hydrogen (secondary N) is 1. The molecule has 3 aromatic rings. The second-order valence-electron chi connectivity index (χ2n) is 6.71. The lowest BCUT2D eigenvalue weighted by molar-refractivity contribution is 0.186. The Balaban J connectivity index is 2.05. The van der Waals surface area contributed by atoms with Gasteiger partial charge >= 0.3 is 6.09 Å². The second kappa shape index (κ2) is 9.64. The number of benzene rings is 2. The van der Waals surface area contributed by atoms with Gasteiger partial charge in [0, 0.05) is 23.1 Å². The number of aliphatic hydroxyl groups excluding tert-OH is 1. The van der Waals surface area contributed by atoms with Crippen LogP contribution in [0.15, 0.2) is 36.4 Å². The largest absolute Gasteiger partial charge is 0.412 e. The molecular weight excluding hydrogens is 413 g/mol. The van der Waals surface area contributed by atoms with Crippen molar-refractivity contribution in [1.29, 1.82) is 0 Å². The number of amides is 1. The van der Waals surface area contributed by atoms with Crippen LogP contribution < -0.4 is 10.1 Å². The van der Waals surface area contributed by atoms with Gasteiger partial charge in [-0.2, -0.15) is 4.68 Å². The van der Waals surface area contributed by atoms with Crippen LogP contribution in [0.2, 0.25) is 5.02 Å². The lowest BCUT2D eigenvalue weighted by Gasteiger charge is -2.14. The van der Waals surface area contributed by atoms with E-state index >= 15 is 0 Å². The molecule has 0 fully saturated rings. The number of rotatable bonds is 7. The normalized spacial score (nSPS) is 11.9. The maximum atomic E-state index is 14.5. The van der Waals surface area contributed by atoms with Gasteiger partial charge in [-0.05, 0) is 59.7 Å². The van der Waals surface area contributed by atoms with E-state index in [1.54, 1.807) is 31.2 Å². The summed E-state index contributed by atoms with van der Waals surface area (Å²) in [6, 6.07) is 8.65. The molecule has 2 N–H and O–H groups in total. The highest BCUT2D eigenvalue weighted by Gasteiger charge is 2.16. The van der Waals surface area contributed by atoms with Crippen molar-refractivity contribution in [3.8, 4) is 22.6 Å². The lowest BCUT2D eigenvalue weighted by atomic mass is 10.0. The smallest absolute Gasteiger partial charge is 0.410 e. The van der Waals surface area contributed by atoms with Crippen molar-refractivity contribution in [2.24, 2.45) is 0 Å². The molecule has 0 radical (unpaired) electrons. The zero-order valence-corrected chi connectivity index (χ0v) is 17.2. The van der Waals surface area contributed by atoms with Crippen LogP contribution in [0.1, 0.15) is 26.1 Å². The molecule has 0 bridgehead atoms. The number of carbonyl (C=O) groups excluding carboxylic acids is 1. The Hall–Kier alpha value is -3.04. The molecule has 0 aliphatic heterocycles. The Kier molecular flexibility index (Phi) is 6.96. The molecule has 0 spiro atoms. The van der Waals surface area contributed by atoms with E-state index in [0.717, 1.165) is 6.42 Å². The summed E-state index contributed by atoms with van der Waals surface area (Å²) >= 11 is 5.87. The number of hydrogen-bond donors (Lipinski definition) is 2. The minimum Gasteiger partial charge on any atom is -0.410 e. The molecular formula is C20H21ClFN5O3. The summed E-state index contributed by atoms with van der Waals surface area (Å²) in [6.07, 6.45) is 0.718. The van der Waals surface area contributed by atoms with Crippen molar-refractivity contribution in [2.45, 2.75) is 32.7 Å². The van der Waals surface area contributed by atoms with Crippen molar-refractivity contribution < 1.29 is 19.0 Å². The number of hydrogen-bond acceptors (Lipinski definition) is 6. The van der Waals surface area contributed by atoms with E-state index in [-0.39, 0.29) is 22.9 Å². The van der Waals surface area contributed by atoms with Gasteiger partial charge in [0.15, 0.2) is 5.82 Å². The van der Waals surface area contributed by atoms with Crippen LogP contribution in [-0.4, -0.2) is 44.1 Å². The Morgan fingerprint density at radius 1 is 1.33 bits per heavy atom. The first kappa shape index (κ1) is 21.7. The first-order chi connectivity index (χ1) is 14.4. The number of aryl methyl sites for hydroxylation is 1. The molecule has 10 heteroatoms. The third kappa shape index (κ3) is 5.11. The number of ether oxygens (including phenoxy) is 1. The zero-order valence-electron chi connectivity index (χ0n) is 16.5. The monoisotopic (exact) mass is 433 g/mol. The molecule has 158 valence electrons. The number of aromatic nitrogens is 4. The van der Waals surface area contributed by atoms with E-state index in [0.29, 0.717) is 23.5 Å². The number of carbonyl (C=O) groups is 1. The van der Waals surface area contributed by atoms with Crippen molar-refractivity contribution >= 4 is 17.7 Å². The summed E-state index contributed by atoms with van der Waals surface area (Å²) in [5, 5.41) is 23.6. The molecule has 2 aromatic carbocycles. The highest BCUT2D eigenvalue weighted by atomic mass is 35.5. The van der Waals surface area contributed by atoms with Gasteiger partial charge in [0.2, 0.25) is 0 Å². The average molecular weight is 434 g/mol. The van der Waals surface area contributed by atoms with Crippen molar-refractivity contribution in [1.82, 2.24) is 25.5 Å². The standard InChI is InChI=1S/C20H21ClFN5O3/c1-3-4-19-24-25-26-27(19)15-7-13(17-6-5-14(21)9-18(17)22)8-16(10-15)30-20(29)23-12(2)11-28/h5-10,12,28H,3-4,11H2,1-2H3,(H,23,29)/t12-/m0/s1. The molecule has 1 amide bonds. The SMILES string of the molecule is CCCc1nnnn1-c1cc(OC(=O)N[C@@H](C)CO)cc(-c2ccc(Cl)cc2F)c1. The fourth-order valence-corrected chi connectivity index (χ4v) is 2.97. The van der Waals surface area contributed by atoms with Crippen molar-refractivity contribution in [3.63, 3.8) is 0 Å². The minimum atomic E-state index is -0.748. The third-order valence-corrected chi connectivity index (χ3v) is 4.47. The Morgan fingerprint density at radius 2 is 2.13 bits per heavy atom. The van der Waals surface area contributed by atoms with Gasteiger partial charge in [0.25, 0.3) is 0 Å². The van der Waals surface area contributed by atoms with Gasteiger partial charge in [-0.25, -0.2) is 9.18 Å². The molecule has 0 unspecified atom stereocenters. The van der Waals surface area contributed by atoms with Gasteiger partial charge in [0.05, 0.1) is 18.3 Å². The van der Waals surface area contributed by atoms with Gasteiger partial charge in [-0.15, -0.1) is 5.10 Å². The molecule has 0 saturated carbocycles. The molecule has 3 rings (SSSR count). The quantitative estimate of drug-likeness (QED) is 0.590. The third-order valence-electron chi connectivity index (χ3n) is 4.23. The molecule has 0 aliphatic carbocycles. The predicted octanol–water partition coefficient (Wildman–Crippen LogP) is 3.54. The fraction of sp³-hybridized carbons (Fsp3) is 0.300. The van der Waals surface area contributed by atoms with Gasteiger partial charge in [-0.3, -0.25) is 0 Å². The second-order valence-corrected chi connectivity index (χ2v) is 7.15. The summed E-state index contributed by atoms with van der Waals surface area (Å²) < 4.78 is 21.4. The van der Waals surface area contributed by atoms with Gasteiger partial charge in [0.1, 0.15) is 11.6 Å². The summed E-state index contributed by atoms with van der Waals surface area (Å²) in [5.74, 6) is 0.266. The van der Waals surface area contributed by atoms with Crippen molar-refractivity contribution in [2.75, 3.05) is 6.61 Å². The van der Waals surface area contributed by atoms with E-state index in [1.165, 1.54) is 16.8 Å². The van der Waals surface area contributed by atoms with Crippen LogP contribution in [0.3, 0.4) is 0 Å². The first-order valence-electron chi connectivity index (χ1n) is 9.38. The maximum Gasteiger partial charge on any atom is 0.412 e. The van der Waals surface area contributed by atoms with Crippen LogP contribution in [-0.2, 0) is 6.42 Å². The van der Waals surface area contributed by atoms with Gasteiger partial charge in [-0.1, -0.05) is 18.5 Å². The molecule has 1 aromatic heterocycles. The molecule has 30 heavy (non-hydrogen) atoms. The summed E-state index contributed by atoms with van der Waals surface area (Å²) in [6.45, 7) is 3.39. The molecule has 0 saturated heterocycles. The van der Waals surface area contributed by atoms with E-state index in [2.05, 4.69) is 20.8 Å². The lowest BCUT2D eigenvalue weighted by Crippen LogP contribution is -2.37. The Morgan fingerprint density at radius 3 is 2.83 bits per heavy atom.